The Morgan fingerprint density at radius 2 is 1.78 bits per heavy atom. The average Bonchev–Trinajstić information content (AvgIpc) is 2.51. The molecule has 0 saturated heterocycles. The van der Waals surface area contributed by atoms with Crippen molar-refractivity contribution >= 4 is 15.7 Å². The normalized spacial score (nSPS) is 12.3. The van der Waals surface area contributed by atoms with Gasteiger partial charge in [0.05, 0.1) is 10.6 Å². The Morgan fingerprint density at radius 3 is 2.39 bits per heavy atom. The summed E-state index contributed by atoms with van der Waals surface area (Å²) in [5.74, 6) is -0.347. The van der Waals surface area contributed by atoms with Crippen molar-refractivity contribution in [1.29, 1.82) is 0 Å². The molecule has 4 nitrogen and oxygen atoms in total. The van der Waals surface area contributed by atoms with Gasteiger partial charge in [0, 0.05) is 0 Å². The van der Waals surface area contributed by atoms with E-state index in [-0.39, 0.29) is 10.7 Å². The zero-order valence-electron chi connectivity index (χ0n) is 13.3. The second-order valence-electron chi connectivity index (χ2n) is 5.28. The van der Waals surface area contributed by atoms with Gasteiger partial charge in [-0.3, -0.25) is 0 Å². The number of rotatable bonds is 5. The zero-order chi connectivity index (χ0) is 17.0. The topological polar surface area (TPSA) is 58.5 Å². The number of sulfonamides is 1. The molecule has 0 fully saturated rings. The van der Waals surface area contributed by atoms with Crippen molar-refractivity contribution in [2.75, 3.05) is 0 Å². The minimum absolute atomic E-state index is 0.204. The molecule has 0 heterocycles. The summed E-state index contributed by atoms with van der Waals surface area (Å²) in [6.07, 6.45) is 0.515. The molecule has 0 saturated carbocycles. The third-order valence-corrected chi connectivity index (χ3v) is 4.80. The summed E-state index contributed by atoms with van der Waals surface area (Å²) in [7, 11) is -3.75. The maximum absolute atomic E-state index is 13.0. The Kier molecular flexibility index (Phi) is 5.15. The van der Waals surface area contributed by atoms with Crippen molar-refractivity contribution in [2.24, 2.45) is 5.10 Å². The number of hydrogen-bond donors (Lipinski definition) is 1. The third-order valence-electron chi connectivity index (χ3n) is 3.45. The van der Waals surface area contributed by atoms with Crippen LogP contribution >= 0.6 is 0 Å². The molecule has 0 aliphatic heterocycles. The Hall–Kier alpha value is -2.21. The molecular formula is C17H19FN2O2S. The number of halogens is 1. The van der Waals surface area contributed by atoms with Crippen LogP contribution in [0.2, 0.25) is 0 Å². The first-order valence-corrected chi connectivity index (χ1v) is 8.73. The van der Waals surface area contributed by atoms with Crippen LogP contribution in [0.1, 0.15) is 30.0 Å². The molecule has 0 unspecified atom stereocenters. The van der Waals surface area contributed by atoms with Gasteiger partial charge in [-0.05, 0) is 55.2 Å². The standard InChI is InChI=1S/C17H19FN2O2S/c1-4-16(14-7-9-15(18)10-8-14)19-20-23(21,22)17-11-12(2)5-6-13(17)3/h5-11,20H,4H2,1-3H3/b19-16+. The van der Waals surface area contributed by atoms with Gasteiger partial charge in [-0.15, -0.1) is 0 Å². The highest BCUT2D eigenvalue weighted by Gasteiger charge is 2.16. The van der Waals surface area contributed by atoms with Gasteiger partial charge < -0.3 is 0 Å². The molecule has 6 heteroatoms. The van der Waals surface area contributed by atoms with E-state index in [1.165, 1.54) is 12.1 Å². The summed E-state index contributed by atoms with van der Waals surface area (Å²) in [4.78, 5) is 2.48. The highest BCUT2D eigenvalue weighted by atomic mass is 32.2. The number of nitrogens with one attached hydrogen (secondary N) is 1. The van der Waals surface area contributed by atoms with E-state index in [1.54, 1.807) is 31.2 Å². The van der Waals surface area contributed by atoms with E-state index in [9.17, 15) is 12.8 Å². The number of benzene rings is 2. The van der Waals surface area contributed by atoms with E-state index in [0.29, 0.717) is 23.3 Å². The molecule has 0 aliphatic carbocycles. The van der Waals surface area contributed by atoms with Crippen LogP contribution in [0, 0.1) is 19.7 Å². The highest BCUT2D eigenvalue weighted by Crippen LogP contribution is 2.17. The van der Waals surface area contributed by atoms with Crippen molar-refractivity contribution in [3.8, 4) is 0 Å². The molecular weight excluding hydrogens is 315 g/mol. The molecule has 0 amide bonds. The van der Waals surface area contributed by atoms with E-state index in [2.05, 4.69) is 9.93 Å². The van der Waals surface area contributed by atoms with E-state index in [4.69, 9.17) is 0 Å². The van der Waals surface area contributed by atoms with E-state index >= 15 is 0 Å². The number of hydrogen-bond acceptors (Lipinski definition) is 3. The molecule has 0 atom stereocenters. The molecule has 0 aliphatic rings. The van der Waals surface area contributed by atoms with Crippen LogP contribution in [0.4, 0.5) is 4.39 Å². The van der Waals surface area contributed by atoms with Gasteiger partial charge in [0.25, 0.3) is 10.0 Å². The fraction of sp³-hybridized carbons (Fsp3) is 0.235. The zero-order valence-corrected chi connectivity index (χ0v) is 14.1. The maximum atomic E-state index is 13.0. The lowest BCUT2D eigenvalue weighted by atomic mass is 10.1. The molecule has 0 spiro atoms. The predicted octanol–water partition coefficient (Wildman–Crippen LogP) is 3.54. The van der Waals surface area contributed by atoms with Crippen molar-refractivity contribution < 1.29 is 12.8 Å². The van der Waals surface area contributed by atoms with Gasteiger partial charge in [0.15, 0.2) is 0 Å². The number of hydrazone groups is 1. The van der Waals surface area contributed by atoms with Gasteiger partial charge in [-0.25, -0.2) is 4.39 Å². The molecule has 122 valence electrons. The largest absolute Gasteiger partial charge is 0.276 e. The second kappa shape index (κ2) is 6.91. The van der Waals surface area contributed by atoms with Crippen LogP contribution in [-0.2, 0) is 10.0 Å². The van der Waals surface area contributed by atoms with Crippen LogP contribution in [0.15, 0.2) is 52.5 Å². The van der Waals surface area contributed by atoms with Crippen LogP contribution in [0.25, 0.3) is 0 Å². The van der Waals surface area contributed by atoms with Gasteiger partial charge in [-0.1, -0.05) is 31.2 Å². The maximum Gasteiger partial charge on any atom is 0.276 e. The number of aryl methyl sites for hydroxylation is 2. The van der Waals surface area contributed by atoms with Crippen LogP contribution in [-0.4, -0.2) is 14.1 Å². The molecule has 0 radical (unpaired) electrons. The van der Waals surface area contributed by atoms with Crippen molar-refractivity contribution in [3.63, 3.8) is 0 Å². The average molecular weight is 334 g/mol. The molecule has 1 N–H and O–H groups in total. The van der Waals surface area contributed by atoms with Crippen LogP contribution in [0.3, 0.4) is 0 Å². The first-order valence-electron chi connectivity index (χ1n) is 7.25. The Labute approximate surface area is 136 Å². The fourth-order valence-corrected chi connectivity index (χ4v) is 3.31. The predicted molar refractivity (Wildman–Crippen MR) is 89.5 cm³/mol. The van der Waals surface area contributed by atoms with Crippen molar-refractivity contribution in [2.45, 2.75) is 32.1 Å². The number of nitrogens with zero attached hydrogens (tertiary/aromatic N) is 1. The smallest absolute Gasteiger partial charge is 0.207 e. The lowest BCUT2D eigenvalue weighted by Gasteiger charge is -2.10. The lowest BCUT2D eigenvalue weighted by Crippen LogP contribution is -2.21. The lowest BCUT2D eigenvalue weighted by molar-refractivity contribution is 0.583. The molecule has 2 aromatic carbocycles. The summed E-state index contributed by atoms with van der Waals surface area (Å²) < 4.78 is 37.8. The minimum Gasteiger partial charge on any atom is -0.207 e. The molecule has 23 heavy (non-hydrogen) atoms. The Morgan fingerprint density at radius 1 is 1.13 bits per heavy atom. The van der Waals surface area contributed by atoms with Crippen LogP contribution in [0.5, 0.6) is 0 Å². The second-order valence-corrected chi connectivity index (χ2v) is 6.91. The van der Waals surface area contributed by atoms with Gasteiger partial charge >= 0.3 is 0 Å². The fourth-order valence-electron chi connectivity index (χ4n) is 2.15. The van der Waals surface area contributed by atoms with Crippen molar-refractivity contribution in [3.05, 3.63) is 65.0 Å². The van der Waals surface area contributed by atoms with Crippen LogP contribution < -0.4 is 4.83 Å². The van der Waals surface area contributed by atoms with E-state index in [1.807, 2.05) is 19.9 Å². The molecule has 0 bridgehead atoms. The highest BCUT2D eigenvalue weighted by molar-refractivity contribution is 7.89. The molecule has 0 aromatic heterocycles. The summed E-state index contributed by atoms with van der Waals surface area (Å²) in [6.45, 7) is 5.42. The van der Waals surface area contributed by atoms with E-state index in [0.717, 1.165) is 5.56 Å². The SMILES string of the molecule is CC/C(=N\NS(=O)(=O)c1cc(C)ccc1C)c1ccc(F)cc1. The Bertz CT molecular complexity index is 828. The summed E-state index contributed by atoms with van der Waals surface area (Å²) in [5, 5.41) is 4.02. The minimum atomic E-state index is -3.75. The summed E-state index contributed by atoms with van der Waals surface area (Å²) >= 11 is 0. The van der Waals surface area contributed by atoms with Gasteiger partial charge in [0.2, 0.25) is 0 Å². The van der Waals surface area contributed by atoms with Gasteiger partial charge in [-0.2, -0.15) is 18.4 Å². The third kappa shape index (κ3) is 4.16. The van der Waals surface area contributed by atoms with E-state index < -0.39 is 10.0 Å². The quantitative estimate of drug-likeness (QED) is 0.672. The molecule has 2 aromatic rings. The van der Waals surface area contributed by atoms with Gasteiger partial charge in [0.1, 0.15) is 5.82 Å². The summed E-state index contributed by atoms with van der Waals surface area (Å²) in [5.41, 5.74) is 2.73. The first-order chi connectivity index (χ1) is 10.8. The molecule has 2 rings (SSSR count). The summed E-state index contributed by atoms with van der Waals surface area (Å²) in [6, 6.07) is 11.0. The monoisotopic (exact) mass is 334 g/mol. The Balaban J connectivity index is 2.32. The van der Waals surface area contributed by atoms with Crippen molar-refractivity contribution in [1.82, 2.24) is 4.83 Å². The first kappa shape index (κ1) is 17.1.